The van der Waals surface area contributed by atoms with Crippen molar-refractivity contribution in [3.05, 3.63) is 35.9 Å². The van der Waals surface area contributed by atoms with Gasteiger partial charge in [-0.1, -0.05) is 51.1 Å². The van der Waals surface area contributed by atoms with Gasteiger partial charge in [0.25, 0.3) is 0 Å². The minimum atomic E-state index is -0.985. The zero-order chi connectivity index (χ0) is 26.9. The Hall–Kier alpha value is -3.16. The van der Waals surface area contributed by atoms with Crippen molar-refractivity contribution >= 4 is 18.0 Å². The van der Waals surface area contributed by atoms with Gasteiger partial charge in [-0.25, -0.2) is 4.79 Å². The first-order valence-corrected chi connectivity index (χ1v) is 13.0. The normalized spacial score (nSPS) is 21.7. The van der Waals surface area contributed by atoms with E-state index in [2.05, 4.69) is 38.7 Å². The first-order valence-electron chi connectivity index (χ1n) is 13.0. The van der Waals surface area contributed by atoms with Crippen LogP contribution in [0.25, 0.3) is 0 Å². The SMILES string of the molecule is CCOC(=O)/N=C(\NC(CC(C)(C)C)C(=O)NC1(C#N)CCN(Cc2ccccc2)C1)N1CCOCC1. The van der Waals surface area contributed by atoms with Crippen LogP contribution in [-0.2, 0) is 20.8 Å². The van der Waals surface area contributed by atoms with E-state index >= 15 is 0 Å². The van der Waals surface area contributed by atoms with Crippen molar-refractivity contribution in [1.82, 2.24) is 20.4 Å². The number of guanidine groups is 1. The molecule has 0 aliphatic carbocycles. The molecule has 0 spiro atoms. The molecule has 2 aliphatic rings. The molecule has 2 N–H and O–H groups in total. The number of ether oxygens (including phenoxy) is 2. The molecule has 2 unspecified atom stereocenters. The van der Waals surface area contributed by atoms with Crippen LogP contribution in [0.2, 0.25) is 0 Å². The number of nitrogens with zero attached hydrogens (tertiary/aromatic N) is 4. The van der Waals surface area contributed by atoms with Crippen LogP contribution in [0.1, 0.15) is 46.1 Å². The van der Waals surface area contributed by atoms with Crippen LogP contribution in [-0.4, -0.2) is 85.3 Å². The first kappa shape index (κ1) is 28.4. The molecule has 2 saturated heterocycles. The molecule has 0 radical (unpaired) electrons. The van der Waals surface area contributed by atoms with Crippen LogP contribution >= 0.6 is 0 Å². The minimum Gasteiger partial charge on any atom is -0.448 e. The van der Waals surface area contributed by atoms with Crippen LogP contribution in [0, 0.1) is 16.7 Å². The lowest BCUT2D eigenvalue weighted by Crippen LogP contribution is -2.59. The van der Waals surface area contributed by atoms with Crippen LogP contribution in [0.15, 0.2) is 35.3 Å². The number of morpholine rings is 1. The molecule has 3 rings (SSSR count). The summed E-state index contributed by atoms with van der Waals surface area (Å²) in [6, 6.07) is 11.8. The highest BCUT2D eigenvalue weighted by Gasteiger charge is 2.41. The number of aliphatic imine (C=N–C) groups is 1. The van der Waals surface area contributed by atoms with Crippen molar-refractivity contribution in [2.24, 2.45) is 10.4 Å². The molecule has 0 aromatic heterocycles. The summed E-state index contributed by atoms with van der Waals surface area (Å²) >= 11 is 0. The van der Waals surface area contributed by atoms with Crippen molar-refractivity contribution in [1.29, 1.82) is 5.26 Å². The molecule has 10 heteroatoms. The number of benzene rings is 1. The summed E-state index contributed by atoms with van der Waals surface area (Å²) < 4.78 is 10.5. The fraction of sp³-hybridized carbons (Fsp3) is 0.630. The van der Waals surface area contributed by atoms with E-state index in [1.54, 1.807) is 6.92 Å². The van der Waals surface area contributed by atoms with Gasteiger partial charge in [-0.05, 0) is 30.7 Å². The van der Waals surface area contributed by atoms with Gasteiger partial charge in [0.15, 0.2) is 0 Å². The lowest BCUT2D eigenvalue weighted by atomic mass is 9.87. The van der Waals surface area contributed by atoms with E-state index in [0.29, 0.717) is 52.2 Å². The Morgan fingerprint density at radius 2 is 1.92 bits per heavy atom. The van der Waals surface area contributed by atoms with Gasteiger partial charge in [-0.15, -0.1) is 4.99 Å². The van der Waals surface area contributed by atoms with Crippen molar-refractivity contribution < 1.29 is 19.1 Å². The summed E-state index contributed by atoms with van der Waals surface area (Å²) in [4.78, 5) is 34.1. The van der Waals surface area contributed by atoms with Crippen molar-refractivity contribution in [3.8, 4) is 6.07 Å². The molecule has 37 heavy (non-hydrogen) atoms. The molecule has 0 bridgehead atoms. The number of nitrogens with one attached hydrogen (secondary N) is 2. The Morgan fingerprint density at radius 3 is 2.54 bits per heavy atom. The lowest BCUT2D eigenvalue weighted by Gasteiger charge is -2.34. The third-order valence-corrected chi connectivity index (χ3v) is 6.39. The van der Waals surface area contributed by atoms with E-state index in [-0.39, 0.29) is 23.9 Å². The molecule has 1 aromatic carbocycles. The fourth-order valence-electron chi connectivity index (χ4n) is 4.60. The van der Waals surface area contributed by atoms with Crippen molar-refractivity contribution in [3.63, 3.8) is 0 Å². The molecule has 2 amide bonds. The summed E-state index contributed by atoms with van der Waals surface area (Å²) in [5, 5.41) is 16.4. The van der Waals surface area contributed by atoms with Gasteiger partial charge in [-0.3, -0.25) is 9.69 Å². The number of carbonyl (C=O) groups is 2. The maximum absolute atomic E-state index is 13.7. The molecule has 2 fully saturated rings. The lowest BCUT2D eigenvalue weighted by molar-refractivity contribution is -0.124. The Kier molecular flexibility index (Phi) is 9.89. The van der Waals surface area contributed by atoms with E-state index in [1.807, 2.05) is 43.9 Å². The monoisotopic (exact) mass is 512 g/mol. The van der Waals surface area contributed by atoms with Gasteiger partial charge in [0.2, 0.25) is 11.9 Å². The van der Waals surface area contributed by atoms with Crippen LogP contribution in [0.4, 0.5) is 4.79 Å². The second-order valence-electron chi connectivity index (χ2n) is 10.8. The van der Waals surface area contributed by atoms with E-state index < -0.39 is 17.7 Å². The molecule has 1 aromatic rings. The number of nitriles is 1. The molecule has 2 atom stereocenters. The Morgan fingerprint density at radius 1 is 1.22 bits per heavy atom. The summed E-state index contributed by atoms with van der Waals surface area (Å²) in [5.74, 6) is -0.00265. The average molecular weight is 513 g/mol. The number of rotatable bonds is 7. The van der Waals surface area contributed by atoms with E-state index in [0.717, 1.165) is 6.54 Å². The number of amides is 2. The number of hydrogen-bond acceptors (Lipinski definition) is 6. The van der Waals surface area contributed by atoms with E-state index in [1.165, 1.54) is 5.56 Å². The first-order chi connectivity index (χ1) is 17.6. The Labute approximate surface area is 220 Å². The molecule has 10 nitrogen and oxygen atoms in total. The standard InChI is InChI=1S/C27H40N6O4/c1-5-37-25(35)30-24(33-13-15-36-16-14-33)29-22(17-26(2,3)4)23(34)31-27(19-28)11-12-32(20-27)18-21-9-7-6-8-10-21/h6-10,22H,5,11-18,20H2,1-4H3,(H,31,34)(H,29,30,35). The highest BCUT2D eigenvalue weighted by molar-refractivity contribution is 5.94. The Balaban J connectivity index is 1.76. The minimum absolute atomic E-state index is 0.203. The molecule has 202 valence electrons. The number of carbonyl (C=O) groups excluding carboxylic acids is 2. The van der Waals surface area contributed by atoms with Gasteiger partial charge in [0, 0.05) is 32.7 Å². The highest BCUT2D eigenvalue weighted by Crippen LogP contribution is 2.25. The molecule has 2 heterocycles. The summed E-state index contributed by atoms with van der Waals surface area (Å²) in [5.41, 5.74) is -0.0227. The number of likely N-dealkylation sites (tertiary alicyclic amines) is 1. The average Bonchev–Trinajstić information content (AvgIpc) is 3.26. The highest BCUT2D eigenvalue weighted by atomic mass is 16.5. The molecular formula is C27H40N6O4. The second-order valence-corrected chi connectivity index (χ2v) is 10.8. The smallest absolute Gasteiger partial charge is 0.436 e. The molecule has 0 saturated carbocycles. The summed E-state index contributed by atoms with van der Waals surface area (Å²) in [6.07, 6.45) is 0.296. The Bertz CT molecular complexity index is 981. The predicted octanol–water partition coefficient (Wildman–Crippen LogP) is 2.51. The fourth-order valence-corrected chi connectivity index (χ4v) is 4.60. The van der Waals surface area contributed by atoms with Crippen LogP contribution < -0.4 is 10.6 Å². The van der Waals surface area contributed by atoms with E-state index in [9.17, 15) is 14.9 Å². The van der Waals surface area contributed by atoms with Gasteiger partial charge >= 0.3 is 6.09 Å². The topological polar surface area (TPSA) is 119 Å². The quantitative estimate of drug-likeness (QED) is 0.423. The second kappa shape index (κ2) is 12.9. The third-order valence-electron chi connectivity index (χ3n) is 6.39. The number of hydrogen-bond donors (Lipinski definition) is 2. The molecular weight excluding hydrogens is 472 g/mol. The van der Waals surface area contributed by atoms with Gasteiger partial charge in [0.05, 0.1) is 25.9 Å². The molecule has 2 aliphatic heterocycles. The van der Waals surface area contributed by atoms with E-state index in [4.69, 9.17) is 9.47 Å². The zero-order valence-electron chi connectivity index (χ0n) is 22.5. The largest absolute Gasteiger partial charge is 0.448 e. The third kappa shape index (κ3) is 8.72. The maximum Gasteiger partial charge on any atom is 0.436 e. The zero-order valence-corrected chi connectivity index (χ0v) is 22.5. The maximum atomic E-state index is 13.7. The van der Waals surface area contributed by atoms with Gasteiger partial charge in [0.1, 0.15) is 11.6 Å². The van der Waals surface area contributed by atoms with Gasteiger partial charge in [-0.2, -0.15) is 5.26 Å². The predicted molar refractivity (Wildman–Crippen MR) is 141 cm³/mol. The summed E-state index contributed by atoms with van der Waals surface area (Å²) in [6.45, 7) is 12.0. The van der Waals surface area contributed by atoms with Crippen molar-refractivity contribution in [2.75, 3.05) is 46.0 Å². The van der Waals surface area contributed by atoms with Gasteiger partial charge < -0.3 is 25.0 Å². The summed E-state index contributed by atoms with van der Waals surface area (Å²) in [7, 11) is 0. The van der Waals surface area contributed by atoms with Crippen molar-refractivity contribution in [2.45, 2.75) is 58.7 Å². The van der Waals surface area contributed by atoms with Crippen LogP contribution in [0.3, 0.4) is 0 Å². The van der Waals surface area contributed by atoms with Crippen LogP contribution in [0.5, 0.6) is 0 Å².